The van der Waals surface area contributed by atoms with Crippen molar-refractivity contribution in [1.82, 2.24) is 9.88 Å². The van der Waals surface area contributed by atoms with Crippen LogP contribution in [0.15, 0.2) is 27.6 Å². The van der Waals surface area contributed by atoms with Gasteiger partial charge in [0.25, 0.3) is 5.56 Å². The molecule has 0 radical (unpaired) electrons. The molecule has 0 aliphatic rings. The molecule has 1 rings (SSSR count). The summed E-state index contributed by atoms with van der Waals surface area (Å²) in [6.07, 6.45) is 2.10. The van der Waals surface area contributed by atoms with Crippen LogP contribution in [0.25, 0.3) is 0 Å². The second kappa shape index (κ2) is 6.75. The molecule has 0 bridgehead atoms. The van der Waals surface area contributed by atoms with Gasteiger partial charge >= 0.3 is 0 Å². The topological polar surface area (TPSA) is 51.1 Å². The van der Waals surface area contributed by atoms with Crippen LogP contribution in [0, 0.1) is 0 Å². The normalized spacial score (nSPS) is 10.1. The first-order valence-corrected chi connectivity index (χ1v) is 6.29. The van der Waals surface area contributed by atoms with Gasteiger partial charge in [0.15, 0.2) is 0 Å². The number of hydrogen-bond donors (Lipinski definition) is 2. The number of nitrogens with zero attached hydrogens (tertiary/aromatic N) is 1. The van der Waals surface area contributed by atoms with Gasteiger partial charge in [0, 0.05) is 36.2 Å². The van der Waals surface area contributed by atoms with Gasteiger partial charge in [-0.3, -0.25) is 9.59 Å². The summed E-state index contributed by atoms with van der Waals surface area (Å²) < 4.78 is 2.39. The Balaban J connectivity index is 2.46. The fourth-order valence-electron chi connectivity index (χ4n) is 1.18. The molecular formula is C10H13BrN2O2S. The average Bonchev–Trinajstić information content (AvgIpc) is 2.23. The summed E-state index contributed by atoms with van der Waals surface area (Å²) in [7, 11) is 0. The van der Waals surface area contributed by atoms with Crippen LogP contribution in [0.5, 0.6) is 0 Å². The molecule has 1 N–H and O–H groups in total. The van der Waals surface area contributed by atoms with Crippen LogP contribution in [0.3, 0.4) is 0 Å². The lowest BCUT2D eigenvalue weighted by molar-refractivity contribution is -0.120. The van der Waals surface area contributed by atoms with Crippen molar-refractivity contribution in [2.24, 2.45) is 0 Å². The molecule has 88 valence electrons. The maximum Gasteiger partial charge on any atom is 0.250 e. The minimum absolute atomic E-state index is 0.0435. The second-order valence-corrected chi connectivity index (χ2v) is 4.57. The largest absolute Gasteiger partial charge is 0.354 e. The molecule has 1 amide bonds. The highest BCUT2D eigenvalue weighted by Gasteiger charge is 2.00. The first-order chi connectivity index (χ1) is 7.63. The molecule has 0 unspecified atom stereocenters. The van der Waals surface area contributed by atoms with Gasteiger partial charge in [-0.25, -0.2) is 0 Å². The highest BCUT2D eigenvalue weighted by molar-refractivity contribution is 9.10. The number of nitrogens with one attached hydrogen (secondary N) is 1. The molecule has 0 saturated carbocycles. The Labute approximate surface area is 108 Å². The Morgan fingerprint density at radius 2 is 2.25 bits per heavy atom. The first-order valence-electron chi connectivity index (χ1n) is 4.87. The quantitative estimate of drug-likeness (QED) is 0.799. The Kier molecular flexibility index (Phi) is 5.62. The molecule has 0 atom stereocenters. The van der Waals surface area contributed by atoms with Crippen molar-refractivity contribution >= 4 is 34.5 Å². The first kappa shape index (κ1) is 13.3. The van der Waals surface area contributed by atoms with Gasteiger partial charge in [-0.15, -0.1) is 0 Å². The third kappa shape index (κ3) is 4.40. The van der Waals surface area contributed by atoms with Crippen molar-refractivity contribution < 1.29 is 4.79 Å². The van der Waals surface area contributed by atoms with Crippen molar-refractivity contribution in [3.05, 3.63) is 33.2 Å². The van der Waals surface area contributed by atoms with Gasteiger partial charge in [0.1, 0.15) is 0 Å². The molecule has 0 spiro atoms. The van der Waals surface area contributed by atoms with E-state index in [1.807, 2.05) is 0 Å². The molecule has 1 heterocycles. The minimum atomic E-state index is -0.0772. The van der Waals surface area contributed by atoms with E-state index in [9.17, 15) is 9.59 Å². The summed E-state index contributed by atoms with van der Waals surface area (Å²) in [6, 6.07) is 3.18. The third-order valence-corrected chi connectivity index (χ3v) is 2.65. The van der Waals surface area contributed by atoms with E-state index in [-0.39, 0.29) is 11.5 Å². The number of halogens is 1. The number of aromatic nitrogens is 1. The number of amides is 1. The summed E-state index contributed by atoms with van der Waals surface area (Å²) in [5.41, 5.74) is -0.0772. The van der Waals surface area contributed by atoms with Crippen molar-refractivity contribution in [3.63, 3.8) is 0 Å². The van der Waals surface area contributed by atoms with Crippen LogP contribution < -0.4 is 10.9 Å². The molecule has 0 aliphatic carbocycles. The predicted octanol–water partition coefficient (Wildman–Crippen LogP) is 1.05. The lowest BCUT2D eigenvalue weighted by atomic mass is 10.4. The van der Waals surface area contributed by atoms with Gasteiger partial charge in [-0.1, -0.05) is 0 Å². The molecule has 0 aromatic carbocycles. The number of thiol groups is 1. The second-order valence-electron chi connectivity index (χ2n) is 3.20. The van der Waals surface area contributed by atoms with Gasteiger partial charge in [0.2, 0.25) is 5.91 Å². The standard InChI is InChI=1S/C10H13BrN2O2S/c11-8-1-2-10(15)13(7-8)5-4-12-9(14)3-6-16/h1-2,7,16H,3-6H2,(H,12,14). The number of carbonyl (C=O) groups is 1. The van der Waals surface area contributed by atoms with Crippen LogP contribution in [0.1, 0.15) is 6.42 Å². The molecule has 1 aromatic heterocycles. The van der Waals surface area contributed by atoms with Gasteiger partial charge in [-0.2, -0.15) is 12.6 Å². The van der Waals surface area contributed by atoms with E-state index < -0.39 is 0 Å². The maximum atomic E-state index is 11.4. The number of hydrogen-bond acceptors (Lipinski definition) is 3. The van der Waals surface area contributed by atoms with Crippen LogP contribution in [0.2, 0.25) is 0 Å². The van der Waals surface area contributed by atoms with E-state index in [2.05, 4.69) is 33.9 Å². The van der Waals surface area contributed by atoms with E-state index in [0.29, 0.717) is 25.3 Å². The van der Waals surface area contributed by atoms with Crippen molar-refractivity contribution in [3.8, 4) is 0 Å². The Hall–Kier alpha value is -0.750. The minimum Gasteiger partial charge on any atom is -0.354 e. The van der Waals surface area contributed by atoms with E-state index in [4.69, 9.17) is 0 Å². The molecule has 6 heteroatoms. The summed E-state index contributed by atoms with van der Waals surface area (Å²) in [5.74, 6) is 0.487. The Bertz CT molecular complexity index is 420. The Morgan fingerprint density at radius 1 is 1.50 bits per heavy atom. The van der Waals surface area contributed by atoms with E-state index in [0.717, 1.165) is 4.47 Å². The lowest BCUT2D eigenvalue weighted by Gasteiger charge is -2.07. The molecule has 1 aromatic rings. The van der Waals surface area contributed by atoms with Crippen molar-refractivity contribution in [1.29, 1.82) is 0 Å². The van der Waals surface area contributed by atoms with Crippen LogP contribution in [0.4, 0.5) is 0 Å². The fourth-order valence-corrected chi connectivity index (χ4v) is 1.77. The summed E-state index contributed by atoms with van der Waals surface area (Å²) in [6.45, 7) is 0.916. The summed E-state index contributed by atoms with van der Waals surface area (Å²) in [5, 5.41) is 2.72. The highest BCUT2D eigenvalue weighted by Crippen LogP contribution is 2.04. The molecular weight excluding hydrogens is 292 g/mol. The maximum absolute atomic E-state index is 11.4. The molecule has 0 fully saturated rings. The molecule has 0 aliphatic heterocycles. The number of pyridine rings is 1. The molecule has 16 heavy (non-hydrogen) atoms. The third-order valence-electron chi connectivity index (χ3n) is 1.96. The number of rotatable bonds is 5. The van der Waals surface area contributed by atoms with Gasteiger partial charge in [0.05, 0.1) is 0 Å². The van der Waals surface area contributed by atoms with Crippen molar-refractivity contribution in [2.75, 3.05) is 12.3 Å². The summed E-state index contributed by atoms with van der Waals surface area (Å²) >= 11 is 7.24. The zero-order valence-corrected chi connectivity index (χ0v) is 11.1. The molecule has 4 nitrogen and oxygen atoms in total. The monoisotopic (exact) mass is 304 g/mol. The highest BCUT2D eigenvalue weighted by atomic mass is 79.9. The SMILES string of the molecule is O=C(CCS)NCCn1cc(Br)ccc1=O. The fraction of sp³-hybridized carbons (Fsp3) is 0.400. The zero-order chi connectivity index (χ0) is 12.0. The van der Waals surface area contributed by atoms with Crippen LogP contribution in [-0.4, -0.2) is 22.8 Å². The molecule has 0 saturated heterocycles. The van der Waals surface area contributed by atoms with Gasteiger partial charge < -0.3 is 9.88 Å². The van der Waals surface area contributed by atoms with Crippen LogP contribution >= 0.6 is 28.6 Å². The summed E-state index contributed by atoms with van der Waals surface area (Å²) in [4.78, 5) is 22.5. The van der Waals surface area contributed by atoms with Gasteiger partial charge in [-0.05, 0) is 27.7 Å². The smallest absolute Gasteiger partial charge is 0.250 e. The van der Waals surface area contributed by atoms with Crippen molar-refractivity contribution in [2.45, 2.75) is 13.0 Å². The predicted molar refractivity (Wildman–Crippen MR) is 69.9 cm³/mol. The average molecular weight is 305 g/mol. The Morgan fingerprint density at radius 3 is 2.94 bits per heavy atom. The lowest BCUT2D eigenvalue weighted by Crippen LogP contribution is -2.30. The van der Waals surface area contributed by atoms with Crippen LogP contribution in [-0.2, 0) is 11.3 Å². The number of carbonyl (C=O) groups excluding carboxylic acids is 1. The van der Waals surface area contributed by atoms with E-state index >= 15 is 0 Å². The van der Waals surface area contributed by atoms with E-state index in [1.54, 1.807) is 16.8 Å². The zero-order valence-electron chi connectivity index (χ0n) is 8.65. The van der Waals surface area contributed by atoms with E-state index in [1.165, 1.54) is 6.07 Å².